The first-order valence-corrected chi connectivity index (χ1v) is 1.10. The third kappa shape index (κ3) is 149. The van der Waals surface area contributed by atoms with Crippen LogP contribution in [0, 0.1) is 7.43 Å². The molecule has 1 radical (unpaired) electrons. The zero-order valence-corrected chi connectivity index (χ0v) is 7.12. The molecule has 1 nitrogen and oxygen atoms in total. The number of hydrogen-bond donors (Lipinski definition) is 0. The van der Waals surface area contributed by atoms with E-state index in [1.165, 1.54) is 0 Å². The first-order valence-electron chi connectivity index (χ1n) is 1.10. The van der Waals surface area contributed by atoms with Crippen LogP contribution in [0.15, 0.2) is 12.3 Å². The second-order valence-corrected chi connectivity index (χ2v) is 0.780. The van der Waals surface area contributed by atoms with Gasteiger partial charge in [0, 0.05) is 32.7 Å². The van der Waals surface area contributed by atoms with Crippen LogP contribution in [0.1, 0.15) is 6.92 Å². The van der Waals surface area contributed by atoms with Crippen LogP contribution >= 0.6 is 0 Å². The molecule has 0 unspecified atom stereocenters. The minimum atomic E-state index is 0. The molecule has 0 aromatic rings. The van der Waals surface area contributed by atoms with Crippen molar-refractivity contribution in [2.45, 2.75) is 6.92 Å². The summed E-state index contributed by atoms with van der Waals surface area (Å²) < 4.78 is 0. The van der Waals surface area contributed by atoms with E-state index in [1.54, 1.807) is 6.92 Å². The molecular weight excluding hydrogens is 151 g/mol. The Morgan fingerprint density at radius 2 is 1.67 bits per heavy atom. The van der Waals surface area contributed by atoms with Crippen molar-refractivity contribution in [1.82, 2.24) is 0 Å². The van der Waals surface area contributed by atoms with Gasteiger partial charge in [-0.05, 0) is 0 Å². The maximum atomic E-state index is 6.39. The van der Waals surface area contributed by atoms with Gasteiger partial charge in [0.15, 0.2) is 0 Å². The Morgan fingerprint density at radius 3 is 1.67 bits per heavy atom. The van der Waals surface area contributed by atoms with E-state index in [0.717, 1.165) is 0 Å². The van der Waals surface area contributed by atoms with Gasteiger partial charge < -0.3 is 13.2 Å². The molecule has 0 bridgehead atoms. The molecule has 0 saturated heterocycles. The van der Waals surface area contributed by atoms with E-state index in [-0.39, 0.29) is 40.1 Å². The standard InChI is InChI=1S/C3H6N.CH3.Y/c1-3(2)4;;/h4H,1H2,2H3;1H3;/q2*-1;. The van der Waals surface area contributed by atoms with Crippen LogP contribution in [-0.4, -0.2) is 0 Å². The third-order valence-electron chi connectivity index (χ3n) is 0. The predicted molar refractivity (Wildman–Crippen MR) is 25.5 cm³/mol. The van der Waals surface area contributed by atoms with E-state index in [2.05, 4.69) is 6.58 Å². The maximum Gasteiger partial charge on any atom is 0 e. The first-order chi connectivity index (χ1) is 1.73. The van der Waals surface area contributed by atoms with Crippen molar-refractivity contribution < 1.29 is 32.7 Å². The predicted octanol–water partition coefficient (Wildman–Crippen LogP) is 2.02. The molecule has 1 N–H and O–H groups in total. The molecule has 0 atom stereocenters. The van der Waals surface area contributed by atoms with Gasteiger partial charge in [0.1, 0.15) is 0 Å². The molecular formula is C4H9NY-2. The van der Waals surface area contributed by atoms with Crippen LogP contribution in [0.25, 0.3) is 5.73 Å². The summed E-state index contributed by atoms with van der Waals surface area (Å²) in [5, 5.41) is 0. The number of nitrogens with one attached hydrogen (secondary N) is 1. The quantitative estimate of drug-likeness (QED) is 0.484. The molecule has 35 valence electrons. The zero-order chi connectivity index (χ0) is 3.58. The fourth-order valence-electron chi connectivity index (χ4n) is 0. The van der Waals surface area contributed by atoms with Crippen LogP contribution < -0.4 is 0 Å². The van der Waals surface area contributed by atoms with Gasteiger partial charge in [0.2, 0.25) is 0 Å². The summed E-state index contributed by atoms with van der Waals surface area (Å²) >= 11 is 0. The minimum absolute atomic E-state index is 0. The smallest absolute Gasteiger partial charge is 0 e. The summed E-state index contributed by atoms with van der Waals surface area (Å²) in [4.78, 5) is 0. The van der Waals surface area contributed by atoms with Gasteiger partial charge in [0.05, 0.1) is 0 Å². The Morgan fingerprint density at radius 1 is 1.67 bits per heavy atom. The molecule has 0 aliphatic heterocycles. The van der Waals surface area contributed by atoms with E-state index in [9.17, 15) is 0 Å². The van der Waals surface area contributed by atoms with Crippen molar-refractivity contribution >= 4 is 0 Å². The molecule has 0 heterocycles. The molecule has 2 heteroatoms. The van der Waals surface area contributed by atoms with E-state index in [4.69, 9.17) is 5.73 Å². The maximum absolute atomic E-state index is 6.39. The average Bonchev–Trinajstić information content (AvgIpc) is 0.811. The van der Waals surface area contributed by atoms with Crippen molar-refractivity contribution in [3.05, 3.63) is 25.4 Å². The normalized spacial score (nSPS) is 4.17. The van der Waals surface area contributed by atoms with Crippen molar-refractivity contribution in [3.8, 4) is 0 Å². The number of hydrogen-bond acceptors (Lipinski definition) is 0. The average molecular weight is 160 g/mol. The summed E-state index contributed by atoms with van der Waals surface area (Å²) in [6, 6.07) is 0. The Hall–Kier alpha value is 0.644. The molecule has 0 spiro atoms. The van der Waals surface area contributed by atoms with E-state index in [1.807, 2.05) is 0 Å². The Kier molecular flexibility index (Phi) is 24.4. The van der Waals surface area contributed by atoms with Crippen molar-refractivity contribution in [1.29, 1.82) is 0 Å². The number of rotatable bonds is 0. The largest absolute Gasteiger partial charge is 0.703 e. The van der Waals surface area contributed by atoms with Crippen molar-refractivity contribution in [3.63, 3.8) is 0 Å². The van der Waals surface area contributed by atoms with Gasteiger partial charge in [-0.2, -0.15) is 5.70 Å². The fraction of sp³-hybridized carbons (Fsp3) is 0.250. The molecule has 0 rings (SSSR count). The molecule has 0 aliphatic rings. The Bertz CT molecular complexity index is 30.5. The fourth-order valence-corrected chi connectivity index (χ4v) is 0. The van der Waals surface area contributed by atoms with Gasteiger partial charge in [-0.25, -0.2) is 0 Å². The molecule has 0 saturated carbocycles. The number of allylic oxidation sites excluding steroid dienone is 1. The van der Waals surface area contributed by atoms with E-state index < -0.39 is 0 Å². The van der Waals surface area contributed by atoms with Crippen LogP contribution in [-0.2, 0) is 32.7 Å². The molecule has 0 aliphatic carbocycles. The van der Waals surface area contributed by atoms with Crippen LogP contribution in [0.4, 0.5) is 0 Å². The first kappa shape index (κ1) is 15.9. The summed E-state index contributed by atoms with van der Waals surface area (Å²) in [6.07, 6.45) is 0. The molecule has 6 heavy (non-hydrogen) atoms. The van der Waals surface area contributed by atoms with Crippen LogP contribution in [0.5, 0.6) is 0 Å². The second-order valence-electron chi connectivity index (χ2n) is 0.780. The minimum Gasteiger partial charge on any atom is -0.703 e. The van der Waals surface area contributed by atoms with Gasteiger partial charge in [-0.3, -0.25) is 0 Å². The molecule has 0 fully saturated rings. The topological polar surface area (TPSA) is 23.8 Å². The molecule has 0 aromatic heterocycles. The van der Waals surface area contributed by atoms with Crippen LogP contribution in [0.2, 0.25) is 0 Å². The molecule has 0 aromatic carbocycles. The Labute approximate surface area is 64.9 Å². The van der Waals surface area contributed by atoms with Gasteiger partial charge in [-0.15, -0.1) is 6.58 Å². The Balaban J connectivity index is -0.0000000450. The van der Waals surface area contributed by atoms with Crippen LogP contribution in [0.3, 0.4) is 0 Å². The van der Waals surface area contributed by atoms with Gasteiger partial charge in [0.25, 0.3) is 0 Å². The summed E-state index contributed by atoms with van der Waals surface area (Å²) in [5.41, 5.74) is 6.81. The monoisotopic (exact) mass is 160 g/mol. The van der Waals surface area contributed by atoms with Crippen molar-refractivity contribution in [2.24, 2.45) is 0 Å². The second kappa shape index (κ2) is 9.17. The van der Waals surface area contributed by atoms with E-state index >= 15 is 0 Å². The summed E-state index contributed by atoms with van der Waals surface area (Å²) in [5.74, 6) is 0. The summed E-state index contributed by atoms with van der Waals surface area (Å²) in [6.45, 7) is 4.86. The summed E-state index contributed by atoms with van der Waals surface area (Å²) in [7, 11) is 0. The molecule has 0 amide bonds. The van der Waals surface area contributed by atoms with E-state index in [0.29, 0.717) is 5.70 Å². The van der Waals surface area contributed by atoms with Crippen molar-refractivity contribution in [2.75, 3.05) is 0 Å². The SMILES string of the molecule is C=C(C)[NH-].[CH3-].[Y]. The van der Waals surface area contributed by atoms with Gasteiger partial charge in [-0.1, -0.05) is 6.92 Å². The zero-order valence-electron chi connectivity index (χ0n) is 4.28. The van der Waals surface area contributed by atoms with Gasteiger partial charge >= 0.3 is 0 Å². The third-order valence-corrected chi connectivity index (χ3v) is 0.